The number of nitrogen functional groups attached to an aromatic ring is 1. The molecule has 0 saturated heterocycles. The highest BCUT2D eigenvalue weighted by molar-refractivity contribution is 14.1. The predicted molar refractivity (Wildman–Crippen MR) is 83.2 cm³/mol. The summed E-state index contributed by atoms with van der Waals surface area (Å²) in [5.41, 5.74) is 7.84. The van der Waals surface area contributed by atoms with Gasteiger partial charge in [-0.3, -0.25) is 0 Å². The van der Waals surface area contributed by atoms with Crippen LogP contribution in [0.1, 0.15) is 22.2 Å². The van der Waals surface area contributed by atoms with Crippen LogP contribution in [0.2, 0.25) is 0 Å². The average Bonchev–Trinajstić information content (AvgIpc) is 2.66. The minimum Gasteiger partial charge on any atom is -0.477 e. The summed E-state index contributed by atoms with van der Waals surface area (Å²) in [7, 11) is 0. The van der Waals surface area contributed by atoms with Crippen LogP contribution in [0.5, 0.6) is 0 Å². The molecule has 0 aliphatic heterocycles. The van der Waals surface area contributed by atoms with Gasteiger partial charge in [-0.2, -0.15) is 0 Å². The Kier molecular flexibility index (Phi) is 4.10. The molecule has 1 heterocycles. The molecule has 0 bridgehead atoms. The maximum atomic E-state index is 13.1. The van der Waals surface area contributed by atoms with Crippen molar-refractivity contribution >= 4 is 45.6 Å². The van der Waals surface area contributed by atoms with Crippen LogP contribution in [0.4, 0.5) is 10.1 Å². The highest BCUT2D eigenvalue weighted by Gasteiger charge is 2.21. The van der Waals surface area contributed by atoms with Crippen LogP contribution in [-0.4, -0.2) is 11.1 Å². The first-order valence-corrected chi connectivity index (χ1v) is 7.45. The second-order valence-corrected chi connectivity index (χ2v) is 6.12. The molecule has 6 heteroatoms. The molecule has 3 nitrogen and oxygen atoms in total. The molecule has 0 spiro atoms. The molecule has 0 fully saturated rings. The normalized spacial score (nSPS) is 10.7. The third-order valence-electron chi connectivity index (χ3n) is 2.77. The summed E-state index contributed by atoms with van der Waals surface area (Å²) >= 11 is 3.18. The first-order valence-electron chi connectivity index (χ1n) is 5.55. The van der Waals surface area contributed by atoms with E-state index in [1.165, 1.54) is 12.1 Å². The number of thiophene rings is 1. The number of carboxylic acid groups (broad SMARTS) is 1. The molecule has 0 saturated carbocycles. The fourth-order valence-corrected chi connectivity index (χ4v) is 4.00. The molecular formula is C13H11FINO2S. The zero-order valence-corrected chi connectivity index (χ0v) is 13.0. The van der Waals surface area contributed by atoms with Gasteiger partial charge in [-0.1, -0.05) is 6.92 Å². The Hall–Kier alpha value is -1.15. The molecule has 100 valence electrons. The van der Waals surface area contributed by atoms with E-state index < -0.39 is 5.97 Å². The van der Waals surface area contributed by atoms with Crippen LogP contribution in [0.25, 0.3) is 10.4 Å². The van der Waals surface area contributed by atoms with Crippen molar-refractivity contribution < 1.29 is 14.3 Å². The van der Waals surface area contributed by atoms with Crippen molar-refractivity contribution in [3.8, 4) is 10.4 Å². The minimum absolute atomic E-state index is 0.145. The van der Waals surface area contributed by atoms with Crippen LogP contribution < -0.4 is 5.73 Å². The van der Waals surface area contributed by atoms with Crippen molar-refractivity contribution in [1.82, 2.24) is 0 Å². The fraction of sp³-hybridized carbons (Fsp3) is 0.154. The van der Waals surface area contributed by atoms with Crippen LogP contribution in [0.15, 0.2) is 18.2 Å². The molecule has 1 aromatic carbocycles. The SMILES string of the molecule is CCc1c(-c2ccc(F)cc2I)sc(C(=O)O)c1N. The Bertz CT molecular complexity index is 654. The third-order valence-corrected chi connectivity index (χ3v) is 4.93. The number of rotatable bonds is 3. The van der Waals surface area contributed by atoms with Gasteiger partial charge in [-0.25, -0.2) is 9.18 Å². The second kappa shape index (κ2) is 5.46. The molecule has 0 amide bonds. The van der Waals surface area contributed by atoms with Crippen LogP contribution in [0, 0.1) is 9.39 Å². The quantitative estimate of drug-likeness (QED) is 0.778. The molecule has 2 rings (SSSR count). The number of carboxylic acids is 1. The van der Waals surface area contributed by atoms with E-state index in [9.17, 15) is 9.18 Å². The van der Waals surface area contributed by atoms with Gasteiger partial charge in [0, 0.05) is 14.0 Å². The summed E-state index contributed by atoms with van der Waals surface area (Å²) in [6, 6.07) is 4.45. The molecule has 0 aliphatic rings. The van der Waals surface area contributed by atoms with Crippen LogP contribution in [0.3, 0.4) is 0 Å². The first-order chi connectivity index (χ1) is 8.95. The van der Waals surface area contributed by atoms with Gasteiger partial charge >= 0.3 is 5.97 Å². The van der Waals surface area contributed by atoms with E-state index >= 15 is 0 Å². The van der Waals surface area contributed by atoms with Gasteiger partial charge in [0.2, 0.25) is 0 Å². The van der Waals surface area contributed by atoms with Crippen molar-refractivity contribution in [2.24, 2.45) is 0 Å². The van der Waals surface area contributed by atoms with Crippen molar-refractivity contribution in [3.63, 3.8) is 0 Å². The number of carbonyl (C=O) groups is 1. The maximum absolute atomic E-state index is 13.1. The van der Waals surface area contributed by atoms with Crippen molar-refractivity contribution in [2.45, 2.75) is 13.3 Å². The number of benzene rings is 1. The highest BCUT2D eigenvalue weighted by Crippen LogP contribution is 2.40. The van der Waals surface area contributed by atoms with E-state index in [1.54, 1.807) is 6.07 Å². The zero-order chi connectivity index (χ0) is 14.2. The van der Waals surface area contributed by atoms with E-state index in [1.807, 2.05) is 29.5 Å². The molecule has 0 aliphatic carbocycles. The van der Waals surface area contributed by atoms with Gasteiger partial charge < -0.3 is 10.8 Å². The molecule has 19 heavy (non-hydrogen) atoms. The topological polar surface area (TPSA) is 63.3 Å². The molecule has 0 unspecified atom stereocenters. The summed E-state index contributed by atoms with van der Waals surface area (Å²) in [4.78, 5) is 12.1. The summed E-state index contributed by atoms with van der Waals surface area (Å²) in [6.45, 7) is 1.92. The van der Waals surface area contributed by atoms with Crippen LogP contribution in [-0.2, 0) is 6.42 Å². The Morgan fingerprint density at radius 3 is 2.74 bits per heavy atom. The lowest BCUT2D eigenvalue weighted by Gasteiger charge is -2.05. The van der Waals surface area contributed by atoms with Gasteiger partial charge in [0.25, 0.3) is 0 Å². The molecule has 2 aromatic rings. The average molecular weight is 391 g/mol. The van der Waals surface area contributed by atoms with E-state index in [0.717, 1.165) is 30.9 Å². The van der Waals surface area contributed by atoms with E-state index in [-0.39, 0.29) is 10.7 Å². The molecule has 0 atom stereocenters. The molecular weight excluding hydrogens is 380 g/mol. The van der Waals surface area contributed by atoms with Crippen molar-refractivity contribution in [2.75, 3.05) is 5.73 Å². The Labute approximate surface area is 127 Å². The summed E-state index contributed by atoms with van der Waals surface area (Å²) < 4.78 is 13.9. The highest BCUT2D eigenvalue weighted by atomic mass is 127. The predicted octanol–water partition coefficient (Wildman–Crippen LogP) is 4.00. The number of hydrogen-bond donors (Lipinski definition) is 2. The smallest absolute Gasteiger partial charge is 0.348 e. The van der Waals surface area contributed by atoms with Crippen LogP contribution >= 0.6 is 33.9 Å². The van der Waals surface area contributed by atoms with Gasteiger partial charge in [0.1, 0.15) is 10.7 Å². The first kappa shape index (κ1) is 14.3. The summed E-state index contributed by atoms with van der Waals surface area (Å²) in [5, 5.41) is 9.13. The zero-order valence-electron chi connectivity index (χ0n) is 10.0. The van der Waals surface area contributed by atoms with Crippen molar-refractivity contribution in [3.05, 3.63) is 38.0 Å². The number of nitrogens with two attached hydrogens (primary N) is 1. The number of hydrogen-bond acceptors (Lipinski definition) is 3. The lowest BCUT2D eigenvalue weighted by molar-refractivity contribution is 0.0703. The third kappa shape index (κ3) is 2.59. The van der Waals surface area contributed by atoms with E-state index in [0.29, 0.717) is 12.1 Å². The van der Waals surface area contributed by atoms with Gasteiger partial charge in [0.05, 0.1) is 5.69 Å². The van der Waals surface area contributed by atoms with Gasteiger partial charge in [0.15, 0.2) is 0 Å². The second-order valence-electron chi connectivity index (χ2n) is 3.94. The molecule has 1 aromatic heterocycles. The molecule has 0 radical (unpaired) electrons. The Morgan fingerprint density at radius 2 is 2.21 bits per heavy atom. The van der Waals surface area contributed by atoms with E-state index in [2.05, 4.69) is 0 Å². The fourth-order valence-electron chi connectivity index (χ4n) is 1.88. The lowest BCUT2D eigenvalue weighted by Crippen LogP contribution is -1.99. The monoisotopic (exact) mass is 391 g/mol. The summed E-state index contributed by atoms with van der Waals surface area (Å²) in [5.74, 6) is -1.34. The minimum atomic E-state index is -1.03. The summed E-state index contributed by atoms with van der Waals surface area (Å²) in [6.07, 6.45) is 0.637. The van der Waals surface area contributed by atoms with Gasteiger partial charge in [-0.05, 0) is 52.8 Å². The lowest BCUT2D eigenvalue weighted by atomic mass is 10.1. The standard InChI is InChI=1S/C13H11FINO2S/c1-2-7-10(16)12(13(17)18)19-11(7)8-4-3-6(14)5-9(8)15/h3-5H,2,16H2,1H3,(H,17,18). The van der Waals surface area contributed by atoms with E-state index in [4.69, 9.17) is 10.8 Å². The Balaban J connectivity index is 2.68. The number of aromatic carboxylic acids is 1. The molecule has 3 N–H and O–H groups in total. The van der Waals surface area contributed by atoms with Gasteiger partial charge in [-0.15, -0.1) is 11.3 Å². The Morgan fingerprint density at radius 1 is 1.53 bits per heavy atom. The number of halogens is 2. The number of anilines is 1. The van der Waals surface area contributed by atoms with Crippen molar-refractivity contribution in [1.29, 1.82) is 0 Å². The largest absolute Gasteiger partial charge is 0.477 e. The maximum Gasteiger partial charge on any atom is 0.348 e.